The standard InChI is InChI=1S/C42H31F3N2/c1-30-12-10-18-36(28-30)46(33-14-4-2-5-15-33)35-24-22-31(23-25-35)38-26-27-41(40-21-9-8-20-39(38)40)47(34-16-6-3-7-17-34)37-19-11-13-32(29-37)42(43,44)45/h2-29H,1H3. The molecule has 2 nitrogen and oxygen atoms in total. The smallest absolute Gasteiger partial charge is 0.310 e. The van der Waals surface area contributed by atoms with Crippen molar-refractivity contribution in [1.29, 1.82) is 0 Å². The molecule has 0 atom stereocenters. The number of fused-ring (bicyclic) bond motifs is 1. The maximum absolute atomic E-state index is 13.8. The van der Waals surface area contributed by atoms with Gasteiger partial charge in [-0.05, 0) is 102 Å². The fourth-order valence-electron chi connectivity index (χ4n) is 6.14. The van der Waals surface area contributed by atoms with Crippen molar-refractivity contribution in [2.75, 3.05) is 9.80 Å². The highest BCUT2D eigenvalue weighted by molar-refractivity contribution is 6.06. The molecule has 7 aromatic carbocycles. The highest BCUT2D eigenvalue weighted by Gasteiger charge is 2.31. The summed E-state index contributed by atoms with van der Waals surface area (Å²) in [6.45, 7) is 2.09. The zero-order valence-corrected chi connectivity index (χ0v) is 25.7. The molecule has 0 aliphatic carbocycles. The van der Waals surface area contributed by atoms with E-state index in [1.165, 1.54) is 17.7 Å². The predicted molar refractivity (Wildman–Crippen MR) is 188 cm³/mol. The summed E-state index contributed by atoms with van der Waals surface area (Å²) >= 11 is 0. The molecule has 0 radical (unpaired) electrons. The van der Waals surface area contributed by atoms with Gasteiger partial charge in [-0.3, -0.25) is 0 Å². The number of para-hydroxylation sites is 2. The minimum atomic E-state index is -4.45. The van der Waals surface area contributed by atoms with Gasteiger partial charge in [0, 0.05) is 33.8 Å². The lowest BCUT2D eigenvalue weighted by atomic mass is 9.96. The van der Waals surface area contributed by atoms with Crippen molar-refractivity contribution < 1.29 is 13.2 Å². The summed E-state index contributed by atoms with van der Waals surface area (Å²) in [6.07, 6.45) is -4.45. The number of nitrogens with zero attached hydrogens (tertiary/aromatic N) is 2. The van der Waals surface area contributed by atoms with Crippen LogP contribution in [0, 0.1) is 6.92 Å². The molecule has 7 aromatic rings. The molecular formula is C42H31F3N2. The summed E-state index contributed by atoms with van der Waals surface area (Å²) in [5, 5.41) is 1.94. The average Bonchev–Trinajstić information content (AvgIpc) is 3.10. The third-order valence-corrected chi connectivity index (χ3v) is 8.30. The Morgan fingerprint density at radius 1 is 0.426 bits per heavy atom. The number of aryl methyl sites for hydroxylation is 1. The van der Waals surface area contributed by atoms with Gasteiger partial charge in [0.15, 0.2) is 0 Å². The van der Waals surface area contributed by atoms with Crippen LogP contribution < -0.4 is 9.80 Å². The summed E-state index contributed by atoms with van der Waals surface area (Å²) in [6, 6.07) is 54.4. The molecule has 0 aliphatic heterocycles. The minimum absolute atomic E-state index is 0.436. The Morgan fingerprint density at radius 2 is 0.957 bits per heavy atom. The Bertz CT molecular complexity index is 2140. The van der Waals surface area contributed by atoms with Crippen LogP contribution in [0.5, 0.6) is 0 Å². The molecular weight excluding hydrogens is 589 g/mol. The van der Waals surface area contributed by atoms with E-state index in [1.807, 2.05) is 77.7 Å². The average molecular weight is 621 g/mol. The fraction of sp³-hybridized carbons (Fsp3) is 0.0476. The lowest BCUT2D eigenvalue weighted by molar-refractivity contribution is -0.137. The molecule has 0 heterocycles. The molecule has 0 saturated carbocycles. The lowest BCUT2D eigenvalue weighted by Gasteiger charge is -2.28. The van der Waals surface area contributed by atoms with Gasteiger partial charge in [-0.15, -0.1) is 0 Å². The van der Waals surface area contributed by atoms with Crippen LogP contribution in [0.3, 0.4) is 0 Å². The Kier molecular flexibility index (Phi) is 7.96. The lowest BCUT2D eigenvalue weighted by Crippen LogP contribution is -2.12. The Morgan fingerprint density at radius 3 is 1.60 bits per heavy atom. The highest BCUT2D eigenvalue weighted by atomic mass is 19.4. The summed E-state index contributed by atoms with van der Waals surface area (Å²) in [7, 11) is 0. The Labute approximate surface area is 272 Å². The van der Waals surface area contributed by atoms with Crippen LogP contribution in [0.25, 0.3) is 21.9 Å². The van der Waals surface area contributed by atoms with E-state index in [0.29, 0.717) is 5.69 Å². The van der Waals surface area contributed by atoms with Crippen molar-refractivity contribution >= 4 is 44.9 Å². The fourth-order valence-corrected chi connectivity index (χ4v) is 6.14. The van der Waals surface area contributed by atoms with E-state index in [9.17, 15) is 13.2 Å². The third-order valence-electron chi connectivity index (χ3n) is 8.30. The van der Waals surface area contributed by atoms with Crippen molar-refractivity contribution in [3.63, 3.8) is 0 Å². The van der Waals surface area contributed by atoms with Crippen molar-refractivity contribution in [1.82, 2.24) is 0 Å². The molecule has 0 bridgehead atoms. The van der Waals surface area contributed by atoms with Crippen molar-refractivity contribution in [3.05, 3.63) is 181 Å². The monoisotopic (exact) mass is 620 g/mol. The molecule has 0 unspecified atom stereocenters. The molecule has 0 saturated heterocycles. The van der Waals surface area contributed by atoms with Gasteiger partial charge >= 0.3 is 6.18 Å². The van der Waals surface area contributed by atoms with E-state index in [4.69, 9.17) is 0 Å². The van der Waals surface area contributed by atoms with Crippen LogP contribution in [-0.4, -0.2) is 0 Å². The van der Waals surface area contributed by atoms with Gasteiger partial charge in [0.1, 0.15) is 0 Å². The van der Waals surface area contributed by atoms with Crippen LogP contribution >= 0.6 is 0 Å². The van der Waals surface area contributed by atoms with Gasteiger partial charge in [0.05, 0.1) is 11.3 Å². The van der Waals surface area contributed by atoms with Gasteiger partial charge in [-0.1, -0.05) is 97.1 Å². The van der Waals surface area contributed by atoms with Crippen LogP contribution in [0.4, 0.5) is 47.3 Å². The molecule has 0 N–H and O–H groups in total. The zero-order chi connectivity index (χ0) is 32.4. The molecule has 0 amide bonds. The molecule has 230 valence electrons. The van der Waals surface area contributed by atoms with Crippen molar-refractivity contribution in [2.24, 2.45) is 0 Å². The molecule has 7 rings (SSSR count). The predicted octanol–water partition coefficient (Wildman–Crippen LogP) is 12.8. The first-order valence-electron chi connectivity index (χ1n) is 15.4. The molecule has 0 fully saturated rings. The van der Waals surface area contributed by atoms with E-state index in [0.717, 1.165) is 56.4 Å². The number of alkyl halides is 3. The topological polar surface area (TPSA) is 6.48 Å². The summed E-state index contributed by atoms with van der Waals surface area (Å²) in [5.74, 6) is 0. The van der Waals surface area contributed by atoms with Crippen molar-refractivity contribution in [2.45, 2.75) is 13.1 Å². The third kappa shape index (κ3) is 6.08. The number of benzene rings is 7. The van der Waals surface area contributed by atoms with E-state index in [1.54, 1.807) is 6.07 Å². The van der Waals surface area contributed by atoms with E-state index < -0.39 is 11.7 Å². The normalized spacial score (nSPS) is 11.4. The van der Waals surface area contributed by atoms with Crippen LogP contribution in [0.2, 0.25) is 0 Å². The summed E-state index contributed by atoms with van der Waals surface area (Å²) in [4.78, 5) is 4.13. The van der Waals surface area contributed by atoms with Gasteiger partial charge in [-0.25, -0.2) is 0 Å². The highest BCUT2D eigenvalue weighted by Crippen LogP contribution is 2.44. The number of rotatable bonds is 7. The van der Waals surface area contributed by atoms with Crippen LogP contribution in [-0.2, 0) is 6.18 Å². The Balaban J connectivity index is 1.33. The van der Waals surface area contributed by atoms with Crippen LogP contribution in [0.1, 0.15) is 11.1 Å². The van der Waals surface area contributed by atoms with Gasteiger partial charge in [0.2, 0.25) is 0 Å². The maximum Gasteiger partial charge on any atom is 0.416 e. The second kappa shape index (κ2) is 12.5. The second-order valence-corrected chi connectivity index (χ2v) is 11.5. The van der Waals surface area contributed by atoms with Gasteiger partial charge < -0.3 is 9.80 Å². The molecule has 0 aliphatic rings. The number of anilines is 6. The van der Waals surface area contributed by atoms with Crippen molar-refractivity contribution in [3.8, 4) is 11.1 Å². The molecule has 0 aromatic heterocycles. The quantitative estimate of drug-likeness (QED) is 0.175. The summed E-state index contributed by atoms with van der Waals surface area (Å²) < 4.78 is 41.4. The number of hydrogen-bond donors (Lipinski definition) is 0. The first-order chi connectivity index (χ1) is 22.9. The molecule has 47 heavy (non-hydrogen) atoms. The number of hydrogen-bond acceptors (Lipinski definition) is 2. The zero-order valence-electron chi connectivity index (χ0n) is 25.7. The maximum atomic E-state index is 13.8. The van der Waals surface area contributed by atoms with E-state index >= 15 is 0 Å². The minimum Gasteiger partial charge on any atom is -0.310 e. The first-order valence-corrected chi connectivity index (χ1v) is 15.4. The second-order valence-electron chi connectivity index (χ2n) is 11.5. The van der Waals surface area contributed by atoms with Gasteiger partial charge in [-0.2, -0.15) is 13.2 Å². The summed E-state index contributed by atoms with van der Waals surface area (Å²) in [5.41, 5.74) is 7.75. The first kappa shape index (κ1) is 29.9. The molecule has 0 spiro atoms. The number of halogens is 3. The molecule has 5 heteroatoms. The van der Waals surface area contributed by atoms with E-state index in [-0.39, 0.29) is 0 Å². The van der Waals surface area contributed by atoms with Gasteiger partial charge in [0.25, 0.3) is 0 Å². The Hall–Kier alpha value is -5.81. The SMILES string of the molecule is Cc1cccc(N(c2ccccc2)c2ccc(-c3ccc(N(c4ccccc4)c4cccc(C(F)(F)F)c4)c4ccccc34)cc2)c1. The van der Waals surface area contributed by atoms with E-state index in [2.05, 4.69) is 84.6 Å². The van der Waals surface area contributed by atoms with Crippen LogP contribution in [0.15, 0.2) is 170 Å². The largest absolute Gasteiger partial charge is 0.416 e.